The number of rotatable bonds is 9. The number of amides is 2. The molecule has 43 heavy (non-hydrogen) atoms. The van der Waals surface area contributed by atoms with Crippen LogP contribution >= 0.6 is 12.4 Å². The Hall–Kier alpha value is -5.35. The summed E-state index contributed by atoms with van der Waals surface area (Å²) in [5.41, 5.74) is 3.39. The van der Waals surface area contributed by atoms with Gasteiger partial charge in [-0.25, -0.2) is 0 Å². The number of halogens is 1. The molecule has 0 bridgehead atoms. The van der Waals surface area contributed by atoms with E-state index in [9.17, 15) is 14.4 Å². The van der Waals surface area contributed by atoms with Crippen molar-refractivity contribution in [2.45, 2.75) is 6.92 Å². The summed E-state index contributed by atoms with van der Waals surface area (Å²) in [5.74, 6) is -0.391. The molecule has 222 valence electrons. The molecule has 0 spiro atoms. The van der Waals surface area contributed by atoms with Crippen molar-refractivity contribution in [3.8, 4) is 17.2 Å². The maximum Gasteiger partial charge on any atom is 0.258 e. The van der Waals surface area contributed by atoms with Gasteiger partial charge in [0.1, 0.15) is 0 Å². The standard InChI is InChI=1S/C32H30N4O6.ClH/c1-19-10-15-24(34-32(33)36-31(39)23-16-26(40-2)29(42-4)27(17-23)41-3)18-25(19)35-30(38)22-13-11-21(12-14-22)28(37)20-8-6-5-7-9-20;/h5-18H,1-4H3,(H,35,38)(H3,33,34,36,39);1H. The highest BCUT2D eigenvalue weighted by atomic mass is 35.5. The molecule has 2 amide bonds. The average molecular weight is 603 g/mol. The Kier molecular flexibility index (Phi) is 10.9. The highest BCUT2D eigenvalue weighted by molar-refractivity contribution is 6.11. The van der Waals surface area contributed by atoms with Crippen molar-refractivity contribution in [3.63, 3.8) is 0 Å². The summed E-state index contributed by atoms with van der Waals surface area (Å²) in [5, 5.41) is 16.4. The van der Waals surface area contributed by atoms with Crippen molar-refractivity contribution < 1.29 is 28.6 Å². The van der Waals surface area contributed by atoms with E-state index < -0.39 is 5.91 Å². The van der Waals surface area contributed by atoms with Crippen LogP contribution in [0.15, 0.2) is 84.9 Å². The first-order valence-corrected chi connectivity index (χ1v) is 12.8. The lowest BCUT2D eigenvalue weighted by molar-refractivity contribution is 0.0974. The van der Waals surface area contributed by atoms with Crippen molar-refractivity contribution in [3.05, 3.63) is 113 Å². The van der Waals surface area contributed by atoms with Crippen molar-refractivity contribution in [2.75, 3.05) is 32.0 Å². The summed E-state index contributed by atoms with van der Waals surface area (Å²) in [6.45, 7) is 1.83. The Morgan fingerprint density at radius 2 is 1.23 bits per heavy atom. The summed E-state index contributed by atoms with van der Waals surface area (Å²) in [6, 6.07) is 23.4. The van der Waals surface area contributed by atoms with Gasteiger partial charge in [0.15, 0.2) is 23.2 Å². The Labute approximate surface area is 255 Å². The Balaban J connectivity index is 0.00000506. The maximum absolute atomic E-state index is 13.0. The molecule has 4 N–H and O–H groups in total. The molecule has 0 atom stereocenters. The van der Waals surface area contributed by atoms with Gasteiger partial charge in [-0.3, -0.25) is 25.1 Å². The first-order chi connectivity index (χ1) is 20.2. The monoisotopic (exact) mass is 602 g/mol. The molecule has 0 aliphatic carbocycles. The van der Waals surface area contributed by atoms with Crippen LogP contribution in [0.4, 0.5) is 11.4 Å². The van der Waals surface area contributed by atoms with Gasteiger partial charge in [0.05, 0.1) is 21.3 Å². The molecule has 0 unspecified atom stereocenters. The van der Waals surface area contributed by atoms with Crippen LogP contribution in [0.1, 0.15) is 42.2 Å². The third kappa shape index (κ3) is 7.69. The number of methoxy groups -OCH3 is 3. The molecule has 0 heterocycles. The van der Waals surface area contributed by atoms with Crippen LogP contribution < -0.4 is 30.2 Å². The second-order valence-corrected chi connectivity index (χ2v) is 9.12. The predicted molar refractivity (Wildman–Crippen MR) is 168 cm³/mol. The number of anilines is 2. The van der Waals surface area contributed by atoms with Crippen LogP contribution in [0, 0.1) is 12.3 Å². The largest absolute Gasteiger partial charge is 0.493 e. The van der Waals surface area contributed by atoms with E-state index in [2.05, 4.69) is 16.0 Å². The van der Waals surface area contributed by atoms with Crippen molar-refractivity contribution in [2.24, 2.45) is 0 Å². The molecule has 0 saturated heterocycles. The quantitative estimate of drug-likeness (QED) is 0.109. The number of guanidine groups is 1. The Bertz CT molecular complexity index is 1620. The zero-order chi connectivity index (χ0) is 30.2. The predicted octanol–water partition coefficient (Wildman–Crippen LogP) is 5.70. The van der Waals surface area contributed by atoms with Crippen molar-refractivity contribution >= 4 is 47.3 Å². The van der Waals surface area contributed by atoms with Crippen LogP contribution in [-0.4, -0.2) is 44.9 Å². The number of hydrogen-bond acceptors (Lipinski definition) is 7. The minimum atomic E-state index is -0.568. The lowest BCUT2D eigenvalue weighted by Crippen LogP contribution is -2.35. The number of ketones is 1. The van der Waals surface area contributed by atoms with E-state index in [1.165, 1.54) is 33.5 Å². The molecular weight excluding hydrogens is 572 g/mol. The molecule has 0 aliphatic rings. The van der Waals surface area contributed by atoms with Crippen LogP contribution in [0.2, 0.25) is 0 Å². The van der Waals surface area contributed by atoms with E-state index in [0.717, 1.165) is 5.56 Å². The second-order valence-electron chi connectivity index (χ2n) is 9.12. The molecule has 0 saturated carbocycles. The summed E-state index contributed by atoms with van der Waals surface area (Å²) in [7, 11) is 4.35. The fourth-order valence-corrected chi connectivity index (χ4v) is 4.13. The molecule has 10 nitrogen and oxygen atoms in total. The van der Waals surface area contributed by atoms with Gasteiger partial charge in [0, 0.05) is 33.6 Å². The number of aryl methyl sites for hydroxylation is 1. The van der Waals surface area contributed by atoms with E-state index in [1.54, 1.807) is 66.7 Å². The molecule has 0 radical (unpaired) electrons. The zero-order valence-corrected chi connectivity index (χ0v) is 24.8. The van der Waals surface area contributed by atoms with E-state index in [0.29, 0.717) is 45.3 Å². The lowest BCUT2D eigenvalue weighted by Gasteiger charge is -2.15. The molecule has 11 heteroatoms. The van der Waals surface area contributed by atoms with Gasteiger partial charge < -0.3 is 24.8 Å². The highest BCUT2D eigenvalue weighted by Crippen LogP contribution is 2.38. The van der Waals surface area contributed by atoms with Gasteiger partial charge in [-0.05, 0) is 48.9 Å². The zero-order valence-electron chi connectivity index (χ0n) is 23.9. The number of hydrogen-bond donors (Lipinski definition) is 4. The number of carbonyl (C=O) groups excluding carboxylic acids is 3. The van der Waals surface area contributed by atoms with E-state index in [1.807, 2.05) is 13.0 Å². The third-order valence-electron chi connectivity index (χ3n) is 6.37. The van der Waals surface area contributed by atoms with Gasteiger partial charge in [-0.1, -0.05) is 48.5 Å². The van der Waals surface area contributed by atoms with E-state index >= 15 is 0 Å². The Morgan fingerprint density at radius 3 is 1.81 bits per heavy atom. The molecule has 4 aromatic rings. The van der Waals surface area contributed by atoms with E-state index in [-0.39, 0.29) is 35.6 Å². The molecule has 0 aliphatic heterocycles. The molecular formula is C32H31ClN4O6. The van der Waals surface area contributed by atoms with Gasteiger partial charge in [-0.2, -0.15) is 0 Å². The number of carbonyl (C=O) groups is 3. The number of ether oxygens (including phenoxy) is 3. The van der Waals surface area contributed by atoms with Gasteiger partial charge in [-0.15, -0.1) is 12.4 Å². The van der Waals surface area contributed by atoms with Gasteiger partial charge in [0.25, 0.3) is 11.8 Å². The molecule has 0 fully saturated rings. The molecule has 4 aromatic carbocycles. The van der Waals surface area contributed by atoms with Gasteiger partial charge >= 0.3 is 0 Å². The summed E-state index contributed by atoms with van der Waals surface area (Å²) >= 11 is 0. The molecule has 4 rings (SSSR count). The fourth-order valence-electron chi connectivity index (χ4n) is 4.13. The average Bonchev–Trinajstić information content (AvgIpc) is 3.01. The van der Waals surface area contributed by atoms with Crippen LogP contribution in [-0.2, 0) is 0 Å². The first kappa shape index (κ1) is 32.2. The van der Waals surface area contributed by atoms with Crippen molar-refractivity contribution in [1.29, 1.82) is 5.41 Å². The minimum absolute atomic E-state index is 0. The normalized spacial score (nSPS) is 10.0. The number of benzene rings is 4. The van der Waals surface area contributed by atoms with Crippen LogP contribution in [0.3, 0.4) is 0 Å². The first-order valence-electron chi connectivity index (χ1n) is 12.8. The lowest BCUT2D eigenvalue weighted by atomic mass is 10.0. The topological polar surface area (TPSA) is 139 Å². The second kappa shape index (κ2) is 14.5. The van der Waals surface area contributed by atoms with Gasteiger partial charge in [0.2, 0.25) is 5.75 Å². The Morgan fingerprint density at radius 1 is 0.651 bits per heavy atom. The third-order valence-corrected chi connectivity index (χ3v) is 6.37. The summed E-state index contributed by atoms with van der Waals surface area (Å²) in [4.78, 5) is 38.4. The molecule has 0 aromatic heterocycles. The fraction of sp³-hybridized carbons (Fsp3) is 0.125. The number of nitrogens with one attached hydrogen (secondary N) is 4. The minimum Gasteiger partial charge on any atom is -0.493 e. The van der Waals surface area contributed by atoms with E-state index in [4.69, 9.17) is 19.6 Å². The SMILES string of the molecule is COc1cc(C(=O)NC(=N)Nc2ccc(C)c(NC(=O)c3ccc(C(=O)c4ccccc4)cc3)c2)cc(OC)c1OC.Cl. The highest BCUT2D eigenvalue weighted by Gasteiger charge is 2.18. The summed E-state index contributed by atoms with van der Waals surface area (Å²) in [6.07, 6.45) is 0. The smallest absolute Gasteiger partial charge is 0.258 e. The van der Waals surface area contributed by atoms with Crippen LogP contribution in [0.25, 0.3) is 0 Å². The van der Waals surface area contributed by atoms with Crippen LogP contribution in [0.5, 0.6) is 17.2 Å². The maximum atomic E-state index is 13.0. The van der Waals surface area contributed by atoms with Crippen molar-refractivity contribution in [1.82, 2.24) is 5.32 Å². The summed E-state index contributed by atoms with van der Waals surface area (Å²) < 4.78 is 15.9.